The van der Waals surface area contributed by atoms with E-state index in [2.05, 4.69) is 20.4 Å². The normalized spacial score (nSPS) is 19.6. The second kappa shape index (κ2) is 10.0. The number of nitrogens with one attached hydrogen (secondary N) is 1. The molecule has 3 aromatic heterocycles. The van der Waals surface area contributed by atoms with E-state index in [4.69, 9.17) is 15.0 Å². The summed E-state index contributed by atoms with van der Waals surface area (Å²) < 4.78 is 7.56. The number of carbonyl (C=O) groups is 3. The highest BCUT2D eigenvalue weighted by Gasteiger charge is 2.53. The standard InChI is InChI=1S/C21H19N7O6S3/c1-27-4-3-12-10(5-27)24-21(34-12)37-7-9-6-35-18-14(17(30)28(18)15(9)19(31)32)25-16(29)13(26-33-2)11-8-36-20(22)23-11/h3-5,8,14,18H,6-7H2,1-2H3,(H3-,22,23,25,29,31,32)/b26-13-/t14?,18-/m0/s1. The van der Waals surface area contributed by atoms with Gasteiger partial charge in [-0.15, -0.1) is 23.1 Å². The van der Waals surface area contributed by atoms with Crippen LogP contribution in [0.4, 0.5) is 5.13 Å². The van der Waals surface area contributed by atoms with Crippen molar-refractivity contribution in [1.29, 1.82) is 0 Å². The van der Waals surface area contributed by atoms with Crippen LogP contribution in [0.1, 0.15) is 5.69 Å². The summed E-state index contributed by atoms with van der Waals surface area (Å²) in [5, 5.41) is 19.9. The van der Waals surface area contributed by atoms with E-state index in [1.54, 1.807) is 6.07 Å². The molecule has 3 aromatic rings. The van der Waals surface area contributed by atoms with E-state index in [1.165, 1.54) is 36.0 Å². The summed E-state index contributed by atoms with van der Waals surface area (Å²) in [6, 6.07) is 0.829. The molecule has 3 N–H and O–H groups in total. The molecule has 0 aromatic carbocycles. The van der Waals surface area contributed by atoms with Crippen LogP contribution in [0.15, 0.2) is 49.9 Å². The Morgan fingerprint density at radius 1 is 1.46 bits per heavy atom. The molecule has 1 saturated heterocycles. The number of anilines is 1. The fraction of sp³-hybridized carbons (Fsp3) is 0.286. The number of nitrogen functional groups attached to an aromatic ring is 1. The maximum Gasteiger partial charge on any atom is 0.276 e. The number of amides is 2. The SMILES string of the molecule is CO/N=C(\C(=O)NC1C(=O)N2C(C(=O)[O-])=C(CSc3nc4c[n+](C)ccc4o3)CS[C@@H]12)c1csc(N)n1. The number of carboxylic acid groups (broad SMARTS) is 1. The lowest BCUT2D eigenvalue weighted by atomic mass is 10.0. The number of rotatable bonds is 8. The lowest BCUT2D eigenvalue weighted by Crippen LogP contribution is -2.71. The number of fused-ring (bicyclic) bond motifs is 2. The van der Waals surface area contributed by atoms with Crippen molar-refractivity contribution in [3.63, 3.8) is 0 Å². The Hall–Kier alpha value is -3.63. The number of thiazole rings is 1. The molecule has 16 heteroatoms. The number of β-lactam (4-membered cyclic amide) rings is 1. The molecule has 192 valence electrons. The Kier molecular flexibility index (Phi) is 6.78. The third-order valence-electron chi connectivity index (χ3n) is 5.51. The van der Waals surface area contributed by atoms with E-state index in [0.29, 0.717) is 27.6 Å². The van der Waals surface area contributed by atoms with Gasteiger partial charge in [0, 0.05) is 23.0 Å². The van der Waals surface area contributed by atoms with Gasteiger partial charge < -0.3 is 30.2 Å². The van der Waals surface area contributed by atoms with Gasteiger partial charge in [0.1, 0.15) is 31.3 Å². The van der Waals surface area contributed by atoms with Crippen molar-refractivity contribution in [3.05, 3.63) is 40.8 Å². The van der Waals surface area contributed by atoms with Gasteiger partial charge in [-0.05, 0) is 5.57 Å². The summed E-state index contributed by atoms with van der Waals surface area (Å²) in [6.45, 7) is 0. The smallest absolute Gasteiger partial charge is 0.276 e. The summed E-state index contributed by atoms with van der Waals surface area (Å²) >= 11 is 3.68. The molecule has 1 fully saturated rings. The van der Waals surface area contributed by atoms with Gasteiger partial charge in [0.05, 0.1) is 11.7 Å². The number of hydrogen-bond acceptors (Lipinski definition) is 13. The van der Waals surface area contributed by atoms with E-state index in [1.807, 2.05) is 24.0 Å². The lowest BCUT2D eigenvalue weighted by molar-refractivity contribution is -0.670. The molecule has 2 aliphatic rings. The van der Waals surface area contributed by atoms with Gasteiger partial charge in [0.25, 0.3) is 17.0 Å². The van der Waals surface area contributed by atoms with Crippen LogP contribution in [0.3, 0.4) is 0 Å². The molecular weight excluding hydrogens is 542 g/mol. The minimum atomic E-state index is -1.47. The zero-order valence-electron chi connectivity index (χ0n) is 19.4. The van der Waals surface area contributed by atoms with Crippen LogP contribution in [0.5, 0.6) is 0 Å². The molecule has 0 spiro atoms. The molecule has 0 saturated carbocycles. The van der Waals surface area contributed by atoms with Crippen molar-refractivity contribution >= 4 is 74.6 Å². The molecule has 5 heterocycles. The summed E-state index contributed by atoms with van der Waals surface area (Å²) in [4.78, 5) is 52.2. The Bertz CT molecular complexity index is 1480. The Labute approximate surface area is 221 Å². The largest absolute Gasteiger partial charge is 0.543 e. The quantitative estimate of drug-likeness (QED) is 0.116. The molecule has 0 bridgehead atoms. The van der Waals surface area contributed by atoms with Crippen LogP contribution in [-0.2, 0) is 26.3 Å². The van der Waals surface area contributed by atoms with Gasteiger partial charge in [0.15, 0.2) is 34.3 Å². The van der Waals surface area contributed by atoms with E-state index >= 15 is 0 Å². The fourth-order valence-corrected chi connectivity index (χ4v) is 6.72. The number of aliphatic carboxylic acids is 1. The minimum Gasteiger partial charge on any atom is -0.543 e. The summed E-state index contributed by atoms with van der Waals surface area (Å²) in [5.41, 5.74) is 7.27. The molecule has 5 rings (SSSR count). The van der Waals surface area contributed by atoms with Gasteiger partial charge in [0.2, 0.25) is 0 Å². The van der Waals surface area contributed by atoms with E-state index in [0.717, 1.165) is 16.2 Å². The van der Waals surface area contributed by atoms with Gasteiger partial charge in [-0.1, -0.05) is 16.9 Å². The number of carbonyl (C=O) groups excluding carboxylic acids is 3. The first-order valence-corrected chi connectivity index (χ1v) is 13.6. The zero-order valence-corrected chi connectivity index (χ0v) is 21.8. The lowest BCUT2D eigenvalue weighted by Gasteiger charge is -2.50. The van der Waals surface area contributed by atoms with Crippen molar-refractivity contribution in [2.75, 3.05) is 24.3 Å². The highest BCUT2D eigenvalue weighted by molar-refractivity contribution is 8.01. The predicted octanol–water partition coefficient (Wildman–Crippen LogP) is -0.762. The first-order valence-electron chi connectivity index (χ1n) is 10.7. The third-order valence-corrected chi connectivity index (χ3v) is 8.44. The van der Waals surface area contributed by atoms with Crippen molar-refractivity contribution in [3.8, 4) is 0 Å². The number of aryl methyl sites for hydroxylation is 1. The van der Waals surface area contributed by atoms with Crippen LogP contribution in [-0.4, -0.2) is 68.4 Å². The number of pyridine rings is 1. The van der Waals surface area contributed by atoms with Crippen LogP contribution in [0, 0.1) is 0 Å². The molecule has 37 heavy (non-hydrogen) atoms. The number of nitrogens with two attached hydrogens (primary N) is 1. The maximum absolute atomic E-state index is 13.0. The number of aromatic nitrogens is 3. The second-order valence-corrected chi connectivity index (χ2v) is 10.8. The predicted molar refractivity (Wildman–Crippen MR) is 133 cm³/mol. The van der Waals surface area contributed by atoms with Crippen LogP contribution in [0.2, 0.25) is 0 Å². The van der Waals surface area contributed by atoms with Crippen molar-refractivity contribution < 1.29 is 33.3 Å². The van der Waals surface area contributed by atoms with Gasteiger partial charge in [-0.3, -0.25) is 14.5 Å². The monoisotopic (exact) mass is 561 g/mol. The molecule has 2 aliphatic heterocycles. The number of thioether (sulfide) groups is 2. The third kappa shape index (κ3) is 4.74. The molecule has 0 aliphatic carbocycles. The number of oxime groups is 1. The van der Waals surface area contributed by atoms with E-state index < -0.39 is 29.2 Å². The maximum atomic E-state index is 13.0. The van der Waals surface area contributed by atoms with E-state index in [9.17, 15) is 19.5 Å². The highest BCUT2D eigenvalue weighted by atomic mass is 32.2. The van der Waals surface area contributed by atoms with E-state index in [-0.39, 0.29) is 28.0 Å². The number of nitrogens with zero attached hydrogens (tertiary/aromatic N) is 5. The zero-order chi connectivity index (χ0) is 26.3. The van der Waals surface area contributed by atoms with Gasteiger partial charge in [-0.2, -0.15) is 4.98 Å². The van der Waals surface area contributed by atoms with Gasteiger partial charge in [-0.25, -0.2) is 9.55 Å². The van der Waals surface area contributed by atoms with Crippen molar-refractivity contribution in [2.24, 2.45) is 12.2 Å². The van der Waals surface area contributed by atoms with Crippen LogP contribution >= 0.6 is 34.9 Å². The number of carboxylic acids is 1. The van der Waals surface area contributed by atoms with Gasteiger partial charge >= 0.3 is 0 Å². The highest BCUT2D eigenvalue weighted by Crippen LogP contribution is 2.41. The number of oxazole rings is 1. The molecule has 13 nitrogen and oxygen atoms in total. The average Bonchev–Trinajstić information content (AvgIpc) is 3.48. The summed E-state index contributed by atoms with van der Waals surface area (Å²) in [7, 11) is 3.14. The van der Waals surface area contributed by atoms with Crippen molar-refractivity contribution in [2.45, 2.75) is 16.6 Å². The first kappa shape index (κ1) is 25.0. The van der Waals surface area contributed by atoms with Crippen LogP contribution in [0.25, 0.3) is 11.1 Å². The summed E-state index contributed by atoms with van der Waals surface area (Å²) in [5.74, 6) is -2.19. The Balaban J connectivity index is 1.31. The topological polar surface area (TPSA) is 180 Å². The minimum absolute atomic E-state index is 0.151. The molecule has 2 atom stereocenters. The Morgan fingerprint density at radius 2 is 2.27 bits per heavy atom. The average molecular weight is 562 g/mol. The van der Waals surface area contributed by atoms with Crippen LogP contribution < -0.4 is 20.7 Å². The van der Waals surface area contributed by atoms with Crippen molar-refractivity contribution in [1.82, 2.24) is 20.2 Å². The second-order valence-electron chi connectivity index (χ2n) is 7.92. The molecule has 2 amide bonds. The Morgan fingerprint density at radius 3 is 2.97 bits per heavy atom. The molecular formula is C21H19N7O6S3. The first-order chi connectivity index (χ1) is 17.8. The number of hydrogen-bond donors (Lipinski definition) is 2. The molecule has 1 unspecified atom stereocenters. The fourth-order valence-electron chi connectivity index (χ4n) is 3.85. The molecule has 0 radical (unpaired) electrons. The summed E-state index contributed by atoms with van der Waals surface area (Å²) in [6.07, 6.45) is 3.65.